The van der Waals surface area contributed by atoms with E-state index in [2.05, 4.69) is 53.6 Å². The van der Waals surface area contributed by atoms with E-state index in [4.69, 9.17) is 0 Å². The summed E-state index contributed by atoms with van der Waals surface area (Å²) in [6.07, 6.45) is 7.28. The predicted octanol–water partition coefficient (Wildman–Crippen LogP) is 5.07. The molecule has 1 aromatic heterocycles. The second kappa shape index (κ2) is 10.2. The lowest BCUT2D eigenvalue weighted by Crippen LogP contribution is -2.36. The molecule has 37 heavy (non-hydrogen) atoms. The van der Waals surface area contributed by atoms with Crippen molar-refractivity contribution in [2.45, 2.75) is 45.6 Å². The molecular formula is C30H34FN5O. The number of carbonyl (C=O) groups excluding carboxylic acids is 1. The molecule has 2 heterocycles. The van der Waals surface area contributed by atoms with E-state index in [1.54, 1.807) is 18.3 Å². The van der Waals surface area contributed by atoms with Crippen LogP contribution in [0.5, 0.6) is 0 Å². The van der Waals surface area contributed by atoms with Gasteiger partial charge in [0.2, 0.25) is 0 Å². The first-order valence-corrected chi connectivity index (χ1v) is 12.9. The average molecular weight is 500 g/mol. The van der Waals surface area contributed by atoms with Crippen molar-refractivity contribution in [3.05, 3.63) is 107 Å². The Kier molecular flexibility index (Phi) is 6.87. The molecule has 2 aromatic carbocycles. The monoisotopic (exact) mass is 499 g/mol. The van der Waals surface area contributed by atoms with E-state index < -0.39 is 0 Å². The topological polar surface area (TPSA) is 71.0 Å². The summed E-state index contributed by atoms with van der Waals surface area (Å²) in [5.41, 5.74) is 5.82. The van der Waals surface area contributed by atoms with E-state index in [0.717, 1.165) is 48.2 Å². The van der Waals surface area contributed by atoms with Crippen LogP contribution >= 0.6 is 0 Å². The summed E-state index contributed by atoms with van der Waals surface area (Å²) >= 11 is 0. The Morgan fingerprint density at radius 2 is 2.00 bits per heavy atom. The van der Waals surface area contributed by atoms with Crippen LogP contribution < -0.4 is 16.0 Å². The third-order valence-corrected chi connectivity index (χ3v) is 8.14. The third-order valence-electron chi connectivity index (χ3n) is 8.14. The summed E-state index contributed by atoms with van der Waals surface area (Å²) in [5.74, 6) is -0.0285. The molecule has 0 radical (unpaired) electrons. The fourth-order valence-corrected chi connectivity index (χ4v) is 5.72. The van der Waals surface area contributed by atoms with Crippen molar-refractivity contribution < 1.29 is 9.18 Å². The van der Waals surface area contributed by atoms with E-state index in [0.29, 0.717) is 18.3 Å². The van der Waals surface area contributed by atoms with Crippen LogP contribution in [0.3, 0.4) is 0 Å². The minimum atomic E-state index is -0.261. The first kappa shape index (κ1) is 24.8. The van der Waals surface area contributed by atoms with Gasteiger partial charge in [-0.3, -0.25) is 4.79 Å². The maximum atomic E-state index is 13.4. The maximum absolute atomic E-state index is 13.4. The number of halogens is 1. The minimum absolute atomic E-state index is 0.103. The standard InChI is InChI=1S/C30H34FN5O/c1-20-9-10-24(15-27(22-7-5-4-6-8-22)35-29(37)28-18-32-19-33-28)30(20,3)16-23-17-34-36(21(23)2)26-13-11-25(31)12-14-26/h4-8,11-14,17-18,24,27,32-33H,1,9-10,15-16,19H2,2-3H3,(H,35,37)/t24-,27?,30+/m1/s1. The van der Waals surface area contributed by atoms with E-state index in [1.807, 2.05) is 29.1 Å². The van der Waals surface area contributed by atoms with Gasteiger partial charge in [-0.1, -0.05) is 49.4 Å². The molecule has 1 aliphatic heterocycles. The molecule has 3 N–H and O–H groups in total. The van der Waals surface area contributed by atoms with Crippen LogP contribution in [-0.4, -0.2) is 22.4 Å². The SMILES string of the molecule is C=C1CC[C@H](CC(NC(=O)C2=CNCN2)c2ccccc2)[C@@]1(C)Cc1cnn(-c2ccc(F)cc2)c1C. The Morgan fingerprint density at radius 1 is 1.24 bits per heavy atom. The summed E-state index contributed by atoms with van der Waals surface area (Å²) in [4.78, 5) is 13.0. The van der Waals surface area contributed by atoms with Crippen molar-refractivity contribution in [2.24, 2.45) is 11.3 Å². The summed E-state index contributed by atoms with van der Waals surface area (Å²) < 4.78 is 15.3. The highest BCUT2D eigenvalue weighted by molar-refractivity contribution is 5.93. The van der Waals surface area contributed by atoms with Crippen LogP contribution in [0.15, 0.2) is 84.8 Å². The van der Waals surface area contributed by atoms with Gasteiger partial charge in [-0.25, -0.2) is 9.07 Å². The number of hydrogen-bond donors (Lipinski definition) is 3. The number of allylic oxidation sites excluding steroid dienone is 1. The Hall–Kier alpha value is -3.87. The molecule has 1 amide bonds. The van der Waals surface area contributed by atoms with E-state index >= 15 is 0 Å². The number of nitrogens with one attached hydrogen (secondary N) is 3. The quantitative estimate of drug-likeness (QED) is 0.378. The summed E-state index contributed by atoms with van der Waals surface area (Å²) in [5, 5.41) is 14.0. The van der Waals surface area contributed by atoms with Crippen LogP contribution in [-0.2, 0) is 11.2 Å². The van der Waals surface area contributed by atoms with E-state index in [-0.39, 0.29) is 23.2 Å². The highest BCUT2D eigenvalue weighted by atomic mass is 19.1. The zero-order valence-corrected chi connectivity index (χ0v) is 21.4. The third kappa shape index (κ3) is 5.03. The molecule has 1 aliphatic carbocycles. The molecule has 0 bridgehead atoms. The summed E-state index contributed by atoms with van der Waals surface area (Å²) in [7, 11) is 0. The van der Waals surface area contributed by atoms with Crippen molar-refractivity contribution in [1.29, 1.82) is 0 Å². The Morgan fingerprint density at radius 3 is 2.70 bits per heavy atom. The molecule has 5 rings (SSSR count). The summed E-state index contributed by atoms with van der Waals surface area (Å²) in [6.45, 7) is 9.40. The molecule has 7 heteroatoms. The van der Waals surface area contributed by atoms with Gasteiger partial charge in [-0.2, -0.15) is 5.10 Å². The highest BCUT2D eigenvalue weighted by Crippen LogP contribution is 2.52. The van der Waals surface area contributed by atoms with Crippen LogP contribution in [0.25, 0.3) is 5.69 Å². The number of benzene rings is 2. The number of amides is 1. The van der Waals surface area contributed by atoms with Gasteiger partial charge in [0.15, 0.2) is 0 Å². The molecule has 1 fully saturated rings. The Labute approximate surface area is 217 Å². The average Bonchev–Trinajstić information content (AvgIpc) is 3.63. The molecule has 3 aromatic rings. The van der Waals surface area contributed by atoms with E-state index in [1.165, 1.54) is 17.7 Å². The number of nitrogens with zero attached hydrogens (tertiary/aromatic N) is 2. The highest BCUT2D eigenvalue weighted by Gasteiger charge is 2.43. The lowest BCUT2D eigenvalue weighted by atomic mass is 9.70. The van der Waals surface area contributed by atoms with Gasteiger partial charge in [-0.15, -0.1) is 0 Å². The maximum Gasteiger partial charge on any atom is 0.269 e. The smallest absolute Gasteiger partial charge is 0.269 e. The van der Waals surface area contributed by atoms with Crippen molar-refractivity contribution in [3.8, 4) is 5.69 Å². The number of carbonyl (C=O) groups is 1. The molecule has 0 saturated heterocycles. The van der Waals surface area contributed by atoms with Gasteiger partial charge in [0, 0.05) is 11.9 Å². The molecule has 3 atom stereocenters. The normalized spacial score (nSPS) is 21.8. The summed E-state index contributed by atoms with van der Waals surface area (Å²) in [6, 6.07) is 16.5. The zero-order valence-electron chi connectivity index (χ0n) is 21.4. The number of rotatable bonds is 8. The fourth-order valence-electron chi connectivity index (χ4n) is 5.72. The minimum Gasteiger partial charge on any atom is -0.372 e. The van der Waals surface area contributed by atoms with Gasteiger partial charge >= 0.3 is 0 Å². The first-order chi connectivity index (χ1) is 17.8. The second-order valence-corrected chi connectivity index (χ2v) is 10.4. The lowest BCUT2D eigenvalue weighted by molar-refractivity contribution is -0.118. The van der Waals surface area contributed by atoms with Crippen molar-refractivity contribution in [1.82, 2.24) is 25.7 Å². The number of hydrogen-bond acceptors (Lipinski definition) is 4. The molecule has 192 valence electrons. The van der Waals surface area contributed by atoms with Gasteiger partial charge in [0.1, 0.15) is 11.5 Å². The lowest BCUT2D eigenvalue weighted by Gasteiger charge is -2.35. The predicted molar refractivity (Wildman–Crippen MR) is 143 cm³/mol. The Bertz CT molecular complexity index is 1310. The largest absolute Gasteiger partial charge is 0.372 e. The van der Waals surface area contributed by atoms with Crippen molar-refractivity contribution >= 4 is 5.91 Å². The van der Waals surface area contributed by atoms with Crippen molar-refractivity contribution in [3.63, 3.8) is 0 Å². The molecule has 1 saturated carbocycles. The van der Waals surface area contributed by atoms with Gasteiger partial charge in [0.25, 0.3) is 5.91 Å². The van der Waals surface area contributed by atoms with Crippen LogP contribution in [0.2, 0.25) is 0 Å². The zero-order chi connectivity index (χ0) is 26.0. The Balaban J connectivity index is 1.39. The van der Waals surface area contributed by atoms with Gasteiger partial charge in [-0.05, 0) is 79.3 Å². The fraction of sp³-hybridized carbons (Fsp3) is 0.333. The second-order valence-electron chi connectivity index (χ2n) is 10.4. The van der Waals surface area contributed by atoms with Crippen molar-refractivity contribution in [2.75, 3.05) is 6.67 Å². The van der Waals surface area contributed by atoms with Gasteiger partial charge < -0.3 is 16.0 Å². The molecule has 1 unspecified atom stereocenters. The molecule has 0 spiro atoms. The van der Waals surface area contributed by atoms with Gasteiger partial charge in [0.05, 0.1) is 24.6 Å². The molecular weight excluding hydrogens is 465 g/mol. The van der Waals surface area contributed by atoms with Crippen LogP contribution in [0.1, 0.15) is 49.0 Å². The molecule has 2 aliphatic rings. The molecule has 6 nitrogen and oxygen atoms in total. The van der Waals surface area contributed by atoms with Crippen LogP contribution in [0, 0.1) is 24.1 Å². The van der Waals surface area contributed by atoms with Crippen LogP contribution in [0.4, 0.5) is 4.39 Å². The first-order valence-electron chi connectivity index (χ1n) is 12.9. The number of aromatic nitrogens is 2. The van der Waals surface area contributed by atoms with E-state index in [9.17, 15) is 9.18 Å².